The fraction of sp³-hybridized carbons (Fsp3) is 0.286. The van der Waals surface area contributed by atoms with Crippen LogP contribution in [0.4, 0.5) is 0 Å². The van der Waals surface area contributed by atoms with Crippen molar-refractivity contribution in [2.75, 3.05) is 7.11 Å². The molecular weight excluding hydrogens is 219 g/mol. The van der Waals surface area contributed by atoms with Crippen molar-refractivity contribution in [3.8, 4) is 0 Å². The van der Waals surface area contributed by atoms with Gasteiger partial charge in [0, 0.05) is 11.3 Å². The van der Waals surface area contributed by atoms with Crippen LogP contribution in [0.3, 0.4) is 0 Å². The van der Waals surface area contributed by atoms with Gasteiger partial charge in [-0.25, -0.2) is 4.79 Å². The van der Waals surface area contributed by atoms with Crippen LogP contribution in [0.5, 0.6) is 0 Å². The van der Waals surface area contributed by atoms with Crippen molar-refractivity contribution in [1.29, 1.82) is 0 Å². The second-order valence-corrected chi connectivity index (χ2v) is 3.11. The summed E-state index contributed by atoms with van der Waals surface area (Å²) in [6, 6.07) is 1.42. The smallest absolute Gasteiger partial charge is 0.772 e. The average Bonchev–Trinajstić information content (AvgIpc) is 2.50. The van der Waals surface area contributed by atoms with E-state index in [0.717, 1.165) is 0 Å². The van der Waals surface area contributed by atoms with Crippen LogP contribution in [0.1, 0.15) is 16.1 Å². The van der Waals surface area contributed by atoms with Crippen LogP contribution in [0.25, 0.3) is 0 Å². The molecule has 0 saturated heterocycles. The topological polar surface area (TPSA) is 79.6 Å². The number of hydrogen-bond acceptors (Lipinski definition) is 5. The van der Waals surface area contributed by atoms with Crippen LogP contribution in [0, 0.1) is 0 Å². The van der Waals surface area contributed by atoms with Gasteiger partial charge < -0.3 is 13.7 Å². The molecule has 14 heavy (non-hydrogen) atoms. The van der Waals surface area contributed by atoms with Crippen LogP contribution < -0.4 is 29.6 Å². The zero-order chi connectivity index (χ0) is 9.84. The molecule has 1 aromatic heterocycles. The second kappa shape index (κ2) is 6.36. The van der Waals surface area contributed by atoms with E-state index < -0.39 is 17.0 Å². The average molecular weight is 226 g/mol. The van der Waals surface area contributed by atoms with E-state index in [-0.39, 0.29) is 41.1 Å². The van der Waals surface area contributed by atoms with E-state index in [4.69, 9.17) is 4.42 Å². The Morgan fingerprint density at radius 2 is 2.36 bits per heavy atom. The Morgan fingerprint density at radius 1 is 1.71 bits per heavy atom. The van der Waals surface area contributed by atoms with E-state index in [9.17, 15) is 13.6 Å². The van der Waals surface area contributed by atoms with Gasteiger partial charge in [0.25, 0.3) is 0 Å². The first-order valence-corrected chi connectivity index (χ1v) is 4.60. The van der Waals surface area contributed by atoms with E-state index in [0.29, 0.717) is 5.56 Å². The molecule has 0 spiro atoms. The van der Waals surface area contributed by atoms with Crippen LogP contribution in [-0.2, 0) is 21.6 Å². The Morgan fingerprint density at radius 3 is 2.86 bits per heavy atom. The first kappa shape index (κ1) is 13.9. The minimum atomic E-state index is -2.24. The first-order valence-electron chi connectivity index (χ1n) is 3.35. The number of methoxy groups -OCH3 is 1. The third kappa shape index (κ3) is 3.55. The van der Waals surface area contributed by atoms with Crippen LogP contribution in [0.15, 0.2) is 16.7 Å². The molecule has 72 valence electrons. The minimum Gasteiger partial charge on any atom is -0.772 e. The zero-order valence-corrected chi connectivity index (χ0v) is 10.6. The zero-order valence-electron chi connectivity index (χ0n) is 7.81. The fourth-order valence-corrected chi connectivity index (χ4v) is 1.33. The summed E-state index contributed by atoms with van der Waals surface area (Å²) in [4.78, 5) is 11.0. The molecular formula is C7H7NaO5S. The van der Waals surface area contributed by atoms with Gasteiger partial charge >= 0.3 is 35.5 Å². The van der Waals surface area contributed by atoms with Crippen molar-refractivity contribution < 1.29 is 52.3 Å². The molecule has 0 aliphatic heterocycles. The summed E-state index contributed by atoms with van der Waals surface area (Å²) in [5.74, 6) is -0.988. The molecule has 0 radical (unpaired) electrons. The SMILES string of the molecule is COC(=O)c1occc1CS(=O)[O-].[Na+]. The molecule has 0 N–H and O–H groups in total. The Hall–Kier alpha value is -0.140. The maximum Gasteiger partial charge on any atom is 1.00 e. The first-order chi connectivity index (χ1) is 6.15. The number of carbonyl (C=O) groups excluding carboxylic acids is 1. The van der Waals surface area contributed by atoms with Gasteiger partial charge in [-0.05, 0) is 6.07 Å². The number of carbonyl (C=O) groups is 1. The second-order valence-electron chi connectivity index (χ2n) is 2.21. The van der Waals surface area contributed by atoms with Crippen LogP contribution >= 0.6 is 0 Å². The summed E-state index contributed by atoms with van der Waals surface area (Å²) >= 11 is -2.24. The Labute approximate surface area is 105 Å². The molecule has 0 aromatic carbocycles. The van der Waals surface area contributed by atoms with E-state index in [1.807, 2.05) is 0 Å². The monoisotopic (exact) mass is 226 g/mol. The predicted octanol–water partition coefficient (Wildman–Crippen LogP) is -2.55. The quantitative estimate of drug-likeness (QED) is 0.322. The van der Waals surface area contributed by atoms with Crippen molar-refractivity contribution in [3.05, 3.63) is 23.7 Å². The fourth-order valence-electron chi connectivity index (χ4n) is 0.848. The number of ether oxygens (including phenoxy) is 1. The van der Waals surface area contributed by atoms with Gasteiger partial charge in [0.15, 0.2) is 0 Å². The van der Waals surface area contributed by atoms with Crippen molar-refractivity contribution >= 4 is 17.0 Å². The molecule has 0 bridgehead atoms. The van der Waals surface area contributed by atoms with Crippen LogP contribution in [0.2, 0.25) is 0 Å². The van der Waals surface area contributed by atoms with E-state index in [2.05, 4.69) is 4.74 Å². The number of furan rings is 1. The normalized spacial score (nSPS) is 11.6. The summed E-state index contributed by atoms with van der Waals surface area (Å²) in [6.07, 6.45) is 1.24. The third-order valence-corrected chi connectivity index (χ3v) is 1.94. The predicted molar refractivity (Wildman–Crippen MR) is 42.7 cm³/mol. The molecule has 1 heterocycles. The van der Waals surface area contributed by atoms with E-state index in [1.165, 1.54) is 19.4 Å². The summed E-state index contributed by atoms with van der Waals surface area (Å²) < 4.78 is 29.8. The molecule has 0 aliphatic rings. The molecule has 0 aliphatic carbocycles. The van der Waals surface area contributed by atoms with Crippen molar-refractivity contribution in [1.82, 2.24) is 0 Å². The molecule has 1 aromatic rings. The number of esters is 1. The van der Waals surface area contributed by atoms with Crippen molar-refractivity contribution in [2.24, 2.45) is 0 Å². The molecule has 1 atom stereocenters. The van der Waals surface area contributed by atoms with Gasteiger partial charge in [0.05, 0.1) is 13.4 Å². The van der Waals surface area contributed by atoms with Gasteiger partial charge in [-0.3, -0.25) is 4.21 Å². The van der Waals surface area contributed by atoms with E-state index in [1.54, 1.807) is 0 Å². The summed E-state index contributed by atoms with van der Waals surface area (Å²) in [5, 5.41) is 0. The maximum atomic E-state index is 11.0. The molecule has 0 amide bonds. The molecule has 5 nitrogen and oxygen atoms in total. The molecule has 0 saturated carbocycles. The maximum absolute atomic E-state index is 11.0. The molecule has 7 heteroatoms. The number of rotatable bonds is 3. The summed E-state index contributed by atoms with van der Waals surface area (Å²) in [5.41, 5.74) is 0.306. The van der Waals surface area contributed by atoms with Gasteiger partial charge in [0.2, 0.25) is 5.76 Å². The van der Waals surface area contributed by atoms with Gasteiger partial charge in [-0.15, -0.1) is 0 Å². The Kier molecular flexibility index (Phi) is 6.30. The minimum absolute atomic E-state index is 0. The van der Waals surface area contributed by atoms with Gasteiger partial charge in [-0.1, -0.05) is 11.1 Å². The molecule has 1 unspecified atom stereocenters. The van der Waals surface area contributed by atoms with Crippen LogP contribution in [-0.4, -0.2) is 21.8 Å². The van der Waals surface area contributed by atoms with Crippen molar-refractivity contribution in [3.63, 3.8) is 0 Å². The Balaban J connectivity index is 0.00000169. The summed E-state index contributed by atoms with van der Waals surface area (Å²) in [7, 11) is 1.20. The van der Waals surface area contributed by atoms with E-state index >= 15 is 0 Å². The standard InChI is InChI=1S/C7H8O5S.Na/c1-11-7(8)6-5(2-3-12-6)4-13(9)10;/h2-3H,4H2,1H3,(H,9,10);/q;+1/p-1. The Bertz CT molecular complexity index is 335. The molecule has 1 rings (SSSR count). The largest absolute Gasteiger partial charge is 1.00 e. The number of hydrogen-bond donors (Lipinski definition) is 0. The van der Waals surface area contributed by atoms with Crippen molar-refractivity contribution in [2.45, 2.75) is 5.75 Å². The van der Waals surface area contributed by atoms with Gasteiger partial charge in [-0.2, -0.15) is 0 Å². The third-order valence-electron chi connectivity index (χ3n) is 1.39. The van der Waals surface area contributed by atoms with Gasteiger partial charge in [0.1, 0.15) is 0 Å². The molecule has 0 fully saturated rings. The summed E-state index contributed by atoms with van der Waals surface area (Å²) in [6.45, 7) is 0.